The van der Waals surface area contributed by atoms with E-state index in [0.717, 1.165) is 5.56 Å². The van der Waals surface area contributed by atoms with Crippen LogP contribution < -0.4 is 4.74 Å². The van der Waals surface area contributed by atoms with Gasteiger partial charge in [0.25, 0.3) is 5.91 Å². The number of ether oxygens (including phenoxy) is 2. The zero-order valence-corrected chi connectivity index (χ0v) is 12.9. The van der Waals surface area contributed by atoms with Gasteiger partial charge in [-0.1, -0.05) is 6.07 Å². The molecule has 0 aromatic carbocycles. The lowest BCUT2D eigenvalue weighted by Gasteiger charge is -2.33. The van der Waals surface area contributed by atoms with Gasteiger partial charge in [0.1, 0.15) is 0 Å². The Balaban J connectivity index is 1.75. The molecule has 0 bridgehead atoms. The summed E-state index contributed by atoms with van der Waals surface area (Å²) >= 11 is 0. The molecule has 0 spiro atoms. The molecule has 1 fully saturated rings. The molecule has 7 nitrogen and oxygen atoms in total. The minimum atomic E-state index is -0.324. The second-order valence-corrected chi connectivity index (χ2v) is 5.03. The van der Waals surface area contributed by atoms with E-state index in [1.165, 1.54) is 0 Å². The molecule has 2 amide bonds. The molecule has 7 heteroatoms. The Labute approximate surface area is 129 Å². The average molecular weight is 307 g/mol. The summed E-state index contributed by atoms with van der Waals surface area (Å²) in [6, 6.07) is 3.62. The zero-order chi connectivity index (χ0) is 15.9. The summed E-state index contributed by atoms with van der Waals surface area (Å²) in [6.07, 6.45) is 1.37. The lowest BCUT2D eigenvalue weighted by atomic mass is 10.3. The van der Waals surface area contributed by atoms with Crippen LogP contribution in [0.4, 0.5) is 4.79 Å². The van der Waals surface area contributed by atoms with Gasteiger partial charge < -0.3 is 19.3 Å². The van der Waals surface area contributed by atoms with Crippen LogP contribution in [0.15, 0.2) is 18.3 Å². The maximum Gasteiger partial charge on any atom is 0.409 e. The van der Waals surface area contributed by atoms with E-state index in [9.17, 15) is 9.59 Å². The number of carbonyl (C=O) groups is 2. The molecule has 1 saturated heterocycles. The number of piperazine rings is 1. The third kappa shape index (κ3) is 4.34. The zero-order valence-electron chi connectivity index (χ0n) is 12.9. The number of hydrogen-bond acceptors (Lipinski definition) is 5. The molecule has 2 rings (SSSR count). The molecule has 0 N–H and O–H groups in total. The van der Waals surface area contributed by atoms with Crippen molar-refractivity contribution in [1.82, 2.24) is 14.8 Å². The van der Waals surface area contributed by atoms with Crippen molar-refractivity contribution in [2.45, 2.75) is 13.8 Å². The fourth-order valence-electron chi connectivity index (χ4n) is 2.12. The first-order valence-electron chi connectivity index (χ1n) is 7.35. The van der Waals surface area contributed by atoms with Crippen LogP contribution in [0.5, 0.6) is 5.88 Å². The van der Waals surface area contributed by atoms with Crippen LogP contribution in [0.3, 0.4) is 0 Å². The van der Waals surface area contributed by atoms with Crippen molar-refractivity contribution in [1.29, 1.82) is 0 Å². The Morgan fingerprint density at radius 3 is 2.45 bits per heavy atom. The molecule has 1 aliphatic heterocycles. The summed E-state index contributed by atoms with van der Waals surface area (Å²) in [4.78, 5) is 31.0. The van der Waals surface area contributed by atoms with Crippen LogP contribution in [0.1, 0.15) is 12.5 Å². The summed E-state index contributed by atoms with van der Waals surface area (Å²) < 4.78 is 10.3. The Morgan fingerprint density at radius 2 is 1.86 bits per heavy atom. The van der Waals surface area contributed by atoms with Gasteiger partial charge >= 0.3 is 6.09 Å². The summed E-state index contributed by atoms with van der Waals surface area (Å²) in [5, 5.41) is 0. The monoisotopic (exact) mass is 307 g/mol. The first-order valence-corrected chi connectivity index (χ1v) is 7.35. The smallest absolute Gasteiger partial charge is 0.409 e. The van der Waals surface area contributed by atoms with Crippen molar-refractivity contribution in [3.05, 3.63) is 23.9 Å². The number of hydrogen-bond donors (Lipinski definition) is 0. The molecule has 0 radical (unpaired) electrons. The van der Waals surface area contributed by atoms with Gasteiger partial charge in [0.05, 0.1) is 6.61 Å². The van der Waals surface area contributed by atoms with Gasteiger partial charge in [-0.05, 0) is 19.4 Å². The quantitative estimate of drug-likeness (QED) is 0.832. The molecule has 0 atom stereocenters. The molecule has 0 aliphatic carbocycles. The number of aromatic nitrogens is 1. The van der Waals surface area contributed by atoms with Crippen molar-refractivity contribution in [2.24, 2.45) is 0 Å². The van der Waals surface area contributed by atoms with Crippen LogP contribution in [-0.4, -0.2) is 66.2 Å². The van der Waals surface area contributed by atoms with Crippen molar-refractivity contribution in [2.75, 3.05) is 39.4 Å². The second-order valence-electron chi connectivity index (χ2n) is 5.03. The lowest BCUT2D eigenvalue weighted by molar-refractivity contribution is -0.135. The third-order valence-electron chi connectivity index (χ3n) is 3.39. The first kappa shape index (κ1) is 16.1. The first-order chi connectivity index (χ1) is 10.6. The van der Waals surface area contributed by atoms with Crippen molar-refractivity contribution < 1.29 is 19.1 Å². The Kier molecular flexibility index (Phi) is 5.57. The summed E-state index contributed by atoms with van der Waals surface area (Å²) in [5.41, 5.74) is 1.04. The van der Waals surface area contributed by atoms with E-state index in [2.05, 4.69) is 4.98 Å². The van der Waals surface area contributed by atoms with Gasteiger partial charge in [-0.2, -0.15) is 0 Å². The third-order valence-corrected chi connectivity index (χ3v) is 3.39. The van der Waals surface area contributed by atoms with Gasteiger partial charge in [-0.3, -0.25) is 4.79 Å². The molecule has 1 aromatic heterocycles. The SMILES string of the molecule is CCOC(=O)N1CCN(C(=O)COc2ccc(C)cn2)CC1. The Bertz CT molecular complexity index is 510. The summed E-state index contributed by atoms with van der Waals surface area (Å²) in [7, 11) is 0. The summed E-state index contributed by atoms with van der Waals surface area (Å²) in [6.45, 7) is 5.95. The number of nitrogens with zero attached hydrogens (tertiary/aromatic N) is 3. The molecule has 120 valence electrons. The number of pyridine rings is 1. The second kappa shape index (κ2) is 7.63. The van der Waals surface area contributed by atoms with E-state index in [0.29, 0.717) is 38.7 Å². The maximum atomic E-state index is 12.1. The van der Waals surface area contributed by atoms with Crippen LogP contribution in [-0.2, 0) is 9.53 Å². The fourth-order valence-corrected chi connectivity index (χ4v) is 2.12. The predicted octanol–water partition coefficient (Wildman–Crippen LogP) is 1.07. The molecule has 1 aromatic rings. The van der Waals surface area contributed by atoms with Gasteiger partial charge in [-0.25, -0.2) is 9.78 Å². The largest absolute Gasteiger partial charge is 0.468 e. The number of rotatable bonds is 4. The average Bonchev–Trinajstić information content (AvgIpc) is 2.54. The molecular weight excluding hydrogens is 286 g/mol. The van der Waals surface area contributed by atoms with Gasteiger partial charge in [0.2, 0.25) is 5.88 Å². The summed E-state index contributed by atoms with van der Waals surface area (Å²) in [5.74, 6) is 0.329. The molecule has 0 saturated carbocycles. The van der Waals surface area contributed by atoms with Crippen molar-refractivity contribution in [3.63, 3.8) is 0 Å². The van der Waals surface area contributed by atoms with Gasteiger partial charge in [0.15, 0.2) is 6.61 Å². The molecular formula is C15H21N3O4. The molecule has 2 heterocycles. The number of aryl methyl sites for hydroxylation is 1. The highest BCUT2D eigenvalue weighted by Gasteiger charge is 2.24. The fraction of sp³-hybridized carbons (Fsp3) is 0.533. The predicted molar refractivity (Wildman–Crippen MR) is 79.6 cm³/mol. The van der Waals surface area contributed by atoms with E-state index in [-0.39, 0.29) is 18.6 Å². The highest BCUT2D eigenvalue weighted by atomic mass is 16.6. The van der Waals surface area contributed by atoms with Crippen molar-refractivity contribution in [3.8, 4) is 5.88 Å². The topological polar surface area (TPSA) is 72.0 Å². The Hall–Kier alpha value is -2.31. The minimum Gasteiger partial charge on any atom is -0.468 e. The van der Waals surface area contributed by atoms with E-state index in [4.69, 9.17) is 9.47 Å². The van der Waals surface area contributed by atoms with Crippen molar-refractivity contribution >= 4 is 12.0 Å². The van der Waals surface area contributed by atoms with E-state index >= 15 is 0 Å². The number of carbonyl (C=O) groups excluding carboxylic acids is 2. The highest BCUT2D eigenvalue weighted by Crippen LogP contribution is 2.08. The minimum absolute atomic E-state index is 0.0462. The molecule has 0 unspecified atom stereocenters. The van der Waals surface area contributed by atoms with Gasteiger partial charge in [-0.15, -0.1) is 0 Å². The Morgan fingerprint density at radius 1 is 1.18 bits per heavy atom. The number of amides is 2. The van der Waals surface area contributed by atoms with Crippen LogP contribution in [0.2, 0.25) is 0 Å². The maximum absolute atomic E-state index is 12.1. The van der Waals surface area contributed by atoms with Crippen LogP contribution >= 0.6 is 0 Å². The van der Waals surface area contributed by atoms with E-state index < -0.39 is 0 Å². The molecule has 22 heavy (non-hydrogen) atoms. The van der Waals surface area contributed by atoms with E-state index in [1.54, 1.807) is 29.0 Å². The van der Waals surface area contributed by atoms with E-state index in [1.807, 2.05) is 13.0 Å². The van der Waals surface area contributed by atoms with Gasteiger partial charge in [0, 0.05) is 38.4 Å². The lowest BCUT2D eigenvalue weighted by Crippen LogP contribution is -2.51. The normalized spacial score (nSPS) is 14.6. The van der Waals surface area contributed by atoms with Crippen LogP contribution in [0, 0.1) is 6.92 Å². The molecule has 1 aliphatic rings. The standard InChI is InChI=1S/C15H21N3O4/c1-3-21-15(20)18-8-6-17(7-9-18)14(19)11-22-13-5-4-12(2)10-16-13/h4-5,10H,3,6-9,11H2,1-2H3. The highest BCUT2D eigenvalue weighted by molar-refractivity contribution is 5.78. The van der Waals surface area contributed by atoms with Crippen LogP contribution in [0.25, 0.3) is 0 Å².